The van der Waals surface area contributed by atoms with Gasteiger partial charge in [-0.3, -0.25) is 0 Å². The summed E-state index contributed by atoms with van der Waals surface area (Å²) in [6.45, 7) is 7.93. The average molecular weight is 326 g/mol. The van der Waals surface area contributed by atoms with E-state index in [-0.39, 0.29) is 5.54 Å². The van der Waals surface area contributed by atoms with Crippen LogP contribution in [-0.2, 0) is 18.6 Å². The SMILES string of the molecule is CC(C)(C)n1ncnc1CNCc1ccc(-c2cccs2)cc1. The predicted molar refractivity (Wildman–Crippen MR) is 95.3 cm³/mol. The van der Waals surface area contributed by atoms with Crippen molar-refractivity contribution in [2.75, 3.05) is 0 Å². The number of nitrogens with one attached hydrogen (secondary N) is 1. The van der Waals surface area contributed by atoms with Crippen molar-refractivity contribution in [3.8, 4) is 10.4 Å². The molecule has 0 aliphatic carbocycles. The van der Waals surface area contributed by atoms with Crippen molar-refractivity contribution in [2.24, 2.45) is 0 Å². The van der Waals surface area contributed by atoms with Gasteiger partial charge in [0.1, 0.15) is 12.2 Å². The number of aromatic nitrogens is 3. The highest BCUT2D eigenvalue weighted by molar-refractivity contribution is 7.13. The molecule has 0 saturated carbocycles. The molecule has 0 atom stereocenters. The second-order valence-corrected chi connectivity index (χ2v) is 7.48. The third kappa shape index (κ3) is 3.86. The first-order chi connectivity index (χ1) is 11.0. The summed E-state index contributed by atoms with van der Waals surface area (Å²) in [5.74, 6) is 0.965. The van der Waals surface area contributed by atoms with Crippen LogP contribution >= 0.6 is 11.3 Å². The van der Waals surface area contributed by atoms with Gasteiger partial charge in [0.25, 0.3) is 0 Å². The standard InChI is InChI=1S/C18H22N4S/c1-18(2,3)22-17(20-13-21-22)12-19-11-14-6-8-15(9-7-14)16-5-4-10-23-16/h4-10,13,19H,11-12H2,1-3H3. The van der Waals surface area contributed by atoms with E-state index in [1.165, 1.54) is 16.0 Å². The molecular weight excluding hydrogens is 304 g/mol. The lowest BCUT2D eigenvalue weighted by molar-refractivity contribution is 0.337. The monoisotopic (exact) mass is 326 g/mol. The van der Waals surface area contributed by atoms with Gasteiger partial charge in [0.2, 0.25) is 0 Å². The van der Waals surface area contributed by atoms with Gasteiger partial charge in [-0.1, -0.05) is 30.3 Å². The van der Waals surface area contributed by atoms with E-state index in [9.17, 15) is 0 Å². The number of thiophene rings is 1. The van der Waals surface area contributed by atoms with Crippen LogP contribution in [0.25, 0.3) is 10.4 Å². The Morgan fingerprint density at radius 2 is 1.87 bits per heavy atom. The zero-order chi connectivity index (χ0) is 16.3. The summed E-state index contributed by atoms with van der Waals surface area (Å²) < 4.78 is 1.97. The van der Waals surface area contributed by atoms with E-state index in [2.05, 4.69) is 77.9 Å². The largest absolute Gasteiger partial charge is 0.306 e. The highest BCUT2D eigenvalue weighted by atomic mass is 32.1. The molecule has 23 heavy (non-hydrogen) atoms. The molecule has 0 bridgehead atoms. The summed E-state index contributed by atoms with van der Waals surface area (Å²) in [7, 11) is 0. The second kappa shape index (κ2) is 6.64. The fourth-order valence-electron chi connectivity index (χ4n) is 2.49. The topological polar surface area (TPSA) is 42.7 Å². The zero-order valence-electron chi connectivity index (χ0n) is 13.8. The minimum Gasteiger partial charge on any atom is -0.306 e. The van der Waals surface area contributed by atoms with Crippen molar-refractivity contribution in [3.05, 3.63) is 59.5 Å². The molecular formula is C18H22N4S. The lowest BCUT2D eigenvalue weighted by atomic mass is 10.1. The lowest BCUT2D eigenvalue weighted by Gasteiger charge is -2.21. The second-order valence-electron chi connectivity index (χ2n) is 6.54. The van der Waals surface area contributed by atoms with Crippen molar-refractivity contribution in [1.82, 2.24) is 20.1 Å². The Hall–Kier alpha value is -1.98. The van der Waals surface area contributed by atoms with E-state index < -0.39 is 0 Å². The van der Waals surface area contributed by atoms with E-state index in [0.717, 1.165) is 12.4 Å². The first kappa shape index (κ1) is 15.9. The third-order valence-corrected chi connectivity index (χ3v) is 4.54. The maximum Gasteiger partial charge on any atom is 0.141 e. The summed E-state index contributed by atoms with van der Waals surface area (Å²) in [6, 6.07) is 13.0. The molecule has 0 fully saturated rings. The van der Waals surface area contributed by atoms with Gasteiger partial charge in [-0.15, -0.1) is 11.3 Å². The van der Waals surface area contributed by atoms with Crippen molar-refractivity contribution >= 4 is 11.3 Å². The fourth-order valence-corrected chi connectivity index (χ4v) is 3.23. The Bertz CT molecular complexity index is 736. The first-order valence-electron chi connectivity index (χ1n) is 7.77. The van der Waals surface area contributed by atoms with Crippen LogP contribution in [0.15, 0.2) is 48.1 Å². The Kier molecular flexibility index (Phi) is 4.59. The van der Waals surface area contributed by atoms with Gasteiger partial charge in [-0.25, -0.2) is 9.67 Å². The molecule has 3 aromatic rings. The Balaban J connectivity index is 1.58. The van der Waals surface area contributed by atoms with Gasteiger partial charge in [0.15, 0.2) is 0 Å². The van der Waals surface area contributed by atoms with Gasteiger partial charge >= 0.3 is 0 Å². The molecule has 5 heteroatoms. The normalized spacial score (nSPS) is 11.8. The van der Waals surface area contributed by atoms with Crippen LogP contribution in [0.4, 0.5) is 0 Å². The predicted octanol–water partition coefficient (Wildman–Crippen LogP) is 4.05. The molecule has 2 aromatic heterocycles. The summed E-state index contributed by atoms with van der Waals surface area (Å²) in [5, 5.41) is 9.88. The smallest absolute Gasteiger partial charge is 0.141 e. The van der Waals surface area contributed by atoms with Crippen LogP contribution in [0.2, 0.25) is 0 Å². The van der Waals surface area contributed by atoms with Gasteiger partial charge in [-0.05, 0) is 43.3 Å². The zero-order valence-corrected chi connectivity index (χ0v) is 14.6. The minimum atomic E-state index is -0.0458. The molecule has 4 nitrogen and oxygen atoms in total. The summed E-state index contributed by atoms with van der Waals surface area (Å²) in [4.78, 5) is 5.66. The molecule has 0 aliphatic heterocycles. The highest BCUT2D eigenvalue weighted by Crippen LogP contribution is 2.24. The van der Waals surface area contributed by atoms with Gasteiger partial charge in [0, 0.05) is 11.4 Å². The Morgan fingerprint density at radius 1 is 1.09 bits per heavy atom. The van der Waals surface area contributed by atoms with E-state index >= 15 is 0 Å². The minimum absolute atomic E-state index is 0.0458. The lowest BCUT2D eigenvalue weighted by Crippen LogP contribution is -2.28. The molecule has 0 radical (unpaired) electrons. The van der Waals surface area contributed by atoms with Crippen LogP contribution in [0.5, 0.6) is 0 Å². The van der Waals surface area contributed by atoms with Crippen LogP contribution < -0.4 is 5.32 Å². The molecule has 0 saturated heterocycles. The Labute approximate surface area is 141 Å². The van der Waals surface area contributed by atoms with E-state index in [1.54, 1.807) is 17.7 Å². The molecule has 120 valence electrons. The van der Waals surface area contributed by atoms with Crippen molar-refractivity contribution in [3.63, 3.8) is 0 Å². The number of benzene rings is 1. The summed E-state index contributed by atoms with van der Waals surface area (Å²) >= 11 is 1.77. The molecule has 1 N–H and O–H groups in total. The molecule has 2 heterocycles. The molecule has 1 aromatic carbocycles. The van der Waals surface area contributed by atoms with Crippen LogP contribution in [0, 0.1) is 0 Å². The van der Waals surface area contributed by atoms with Crippen molar-refractivity contribution in [1.29, 1.82) is 0 Å². The van der Waals surface area contributed by atoms with E-state index in [0.29, 0.717) is 6.54 Å². The number of hydrogen-bond acceptors (Lipinski definition) is 4. The van der Waals surface area contributed by atoms with Gasteiger partial charge in [-0.2, -0.15) is 5.10 Å². The van der Waals surface area contributed by atoms with Crippen LogP contribution in [0.1, 0.15) is 32.2 Å². The fraction of sp³-hybridized carbons (Fsp3) is 0.333. The number of rotatable bonds is 5. The maximum absolute atomic E-state index is 4.35. The first-order valence-corrected chi connectivity index (χ1v) is 8.65. The van der Waals surface area contributed by atoms with Crippen LogP contribution in [0.3, 0.4) is 0 Å². The van der Waals surface area contributed by atoms with Gasteiger partial charge in [0.05, 0.1) is 12.1 Å². The van der Waals surface area contributed by atoms with Crippen molar-refractivity contribution < 1.29 is 0 Å². The number of hydrogen-bond donors (Lipinski definition) is 1. The molecule has 0 aliphatic rings. The van der Waals surface area contributed by atoms with Gasteiger partial charge < -0.3 is 5.32 Å². The van der Waals surface area contributed by atoms with E-state index in [1.807, 2.05) is 4.68 Å². The van der Waals surface area contributed by atoms with Crippen molar-refractivity contribution in [2.45, 2.75) is 39.4 Å². The van der Waals surface area contributed by atoms with E-state index in [4.69, 9.17) is 0 Å². The van der Waals surface area contributed by atoms with Crippen LogP contribution in [-0.4, -0.2) is 14.8 Å². The third-order valence-electron chi connectivity index (χ3n) is 3.63. The summed E-state index contributed by atoms with van der Waals surface area (Å²) in [5.41, 5.74) is 2.50. The quantitative estimate of drug-likeness (QED) is 0.769. The number of nitrogens with zero attached hydrogens (tertiary/aromatic N) is 3. The highest BCUT2D eigenvalue weighted by Gasteiger charge is 2.17. The molecule has 3 rings (SSSR count). The summed E-state index contributed by atoms with van der Waals surface area (Å²) in [6.07, 6.45) is 1.62. The molecule has 0 unspecified atom stereocenters. The molecule has 0 amide bonds. The molecule has 0 spiro atoms. The average Bonchev–Trinajstić information content (AvgIpc) is 3.19. The maximum atomic E-state index is 4.35. The Morgan fingerprint density at radius 3 is 2.52 bits per heavy atom.